The molecule has 0 aromatic heterocycles. The van der Waals surface area contributed by atoms with Gasteiger partial charge in [-0.1, -0.05) is 37.6 Å². The summed E-state index contributed by atoms with van der Waals surface area (Å²) < 4.78 is 11.0. The molecule has 0 aliphatic heterocycles. The molecule has 0 heterocycles. The number of ether oxygens (including phenoxy) is 2. The van der Waals surface area contributed by atoms with Crippen molar-refractivity contribution in [1.29, 1.82) is 0 Å². The Bertz CT molecular complexity index is 552. The second kappa shape index (κ2) is 8.98. The van der Waals surface area contributed by atoms with Crippen LogP contribution in [-0.2, 0) is 6.42 Å². The van der Waals surface area contributed by atoms with Gasteiger partial charge in [-0.05, 0) is 42.7 Å². The van der Waals surface area contributed by atoms with Crippen LogP contribution in [0.4, 0.5) is 5.69 Å². The Morgan fingerprint density at radius 3 is 2.50 bits per heavy atom. The average molecular weight is 299 g/mol. The molecule has 0 bridgehead atoms. The van der Waals surface area contributed by atoms with Crippen LogP contribution in [0.5, 0.6) is 11.5 Å². The van der Waals surface area contributed by atoms with Gasteiger partial charge in [-0.2, -0.15) is 0 Å². The maximum atomic E-state index is 5.83. The van der Waals surface area contributed by atoms with Crippen LogP contribution < -0.4 is 14.8 Å². The first-order valence-electron chi connectivity index (χ1n) is 7.92. The van der Waals surface area contributed by atoms with Crippen molar-refractivity contribution in [3.8, 4) is 11.5 Å². The lowest BCUT2D eigenvalue weighted by Gasteiger charge is -2.13. The van der Waals surface area contributed by atoms with Crippen molar-refractivity contribution in [2.24, 2.45) is 0 Å². The van der Waals surface area contributed by atoms with Gasteiger partial charge in [0.15, 0.2) is 0 Å². The highest BCUT2D eigenvalue weighted by Crippen LogP contribution is 2.24. The fourth-order valence-corrected chi connectivity index (χ4v) is 2.20. The summed E-state index contributed by atoms with van der Waals surface area (Å²) in [6, 6.07) is 16.3. The van der Waals surface area contributed by atoms with Crippen LogP contribution >= 0.6 is 0 Å². The lowest BCUT2D eigenvalue weighted by molar-refractivity contribution is 0.310. The predicted molar refractivity (Wildman–Crippen MR) is 92.0 cm³/mol. The summed E-state index contributed by atoms with van der Waals surface area (Å²) in [6.45, 7) is 3.82. The van der Waals surface area contributed by atoms with E-state index in [1.807, 2.05) is 30.3 Å². The van der Waals surface area contributed by atoms with E-state index in [9.17, 15) is 0 Å². The van der Waals surface area contributed by atoms with Crippen molar-refractivity contribution >= 4 is 5.69 Å². The van der Waals surface area contributed by atoms with Crippen LogP contribution in [0.1, 0.15) is 25.3 Å². The Hall–Kier alpha value is -2.16. The number of para-hydroxylation sites is 2. The Labute approximate surface area is 133 Å². The third kappa shape index (κ3) is 4.99. The van der Waals surface area contributed by atoms with Crippen molar-refractivity contribution in [3.63, 3.8) is 0 Å². The Kier molecular flexibility index (Phi) is 6.62. The smallest absolute Gasteiger partial charge is 0.142 e. The van der Waals surface area contributed by atoms with E-state index < -0.39 is 0 Å². The Morgan fingerprint density at radius 1 is 1.00 bits per heavy atom. The average Bonchev–Trinajstić information content (AvgIpc) is 2.57. The highest BCUT2D eigenvalue weighted by molar-refractivity contribution is 5.56. The zero-order valence-corrected chi connectivity index (χ0v) is 13.5. The maximum absolute atomic E-state index is 5.83. The first-order chi connectivity index (χ1) is 10.8. The van der Waals surface area contributed by atoms with Gasteiger partial charge in [-0.25, -0.2) is 0 Å². The highest BCUT2D eigenvalue weighted by atomic mass is 16.5. The van der Waals surface area contributed by atoms with Gasteiger partial charge in [0, 0.05) is 6.54 Å². The van der Waals surface area contributed by atoms with Gasteiger partial charge in [0.25, 0.3) is 0 Å². The summed E-state index contributed by atoms with van der Waals surface area (Å²) in [5.74, 6) is 1.83. The topological polar surface area (TPSA) is 30.5 Å². The van der Waals surface area contributed by atoms with E-state index in [0.717, 1.165) is 49.6 Å². The van der Waals surface area contributed by atoms with Crippen LogP contribution in [0.3, 0.4) is 0 Å². The van der Waals surface area contributed by atoms with Gasteiger partial charge in [-0.15, -0.1) is 0 Å². The number of hydrogen-bond donors (Lipinski definition) is 1. The van der Waals surface area contributed by atoms with Gasteiger partial charge >= 0.3 is 0 Å². The quantitative estimate of drug-likeness (QED) is 0.690. The van der Waals surface area contributed by atoms with Crippen LogP contribution in [0.2, 0.25) is 0 Å². The number of rotatable bonds is 9. The molecule has 2 aromatic carbocycles. The molecule has 0 atom stereocenters. The van der Waals surface area contributed by atoms with E-state index in [1.165, 1.54) is 5.56 Å². The summed E-state index contributed by atoms with van der Waals surface area (Å²) in [5, 5.41) is 3.46. The fourth-order valence-electron chi connectivity index (χ4n) is 2.20. The molecule has 118 valence electrons. The van der Waals surface area contributed by atoms with E-state index in [-0.39, 0.29) is 0 Å². The first-order valence-corrected chi connectivity index (χ1v) is 7.92. The number of hydrogen-bond acceptors (Lipinski definition) is 3. The molecule has 22 heavy (non-hydrogen) atoms. The third-order valence-electron chi connectivity index (χ3n) is 3.53. The van der Waals surface area contributed by atoms with Crippen molar-refractivity contribution in [1.82, 2.24) is 0 Å². The minimum Gasteiger partial charge on any atom is -0.497 e. The van der Waals surface area contributed by atoms with E-state index >= 15 is 0 Å². The van der Waals surface area contributed by atoms with Crippen molar-refractivity contribution in [2.45, 2.75) is 26.2 Å². The van der Waals surface area contributed by atoms with Gasteiger partial charge in [0.2, 0.25) is 0 Å². The zero-order valence-electron chi connectivity index (χ0n) is 13.5. The molecular weight excluding hydrogens is 274 g/mol. The van der Waals surface area contributed by atoms with Crippen molar-refractivity contribution in [3.05, 3.63) is 54.1 Å². The molecule has 1 N–H and O–H groups in total. The minimum atomic E-state index is 0.772. The van der Waals surface area contributed by atoms with E-state index in [2.05, 4.69) is 30.4 Å². The zero-order chi connectivity index (χ0) is 15.6. The SMILES string of the molecule is CCCCOc1ccccc1NCCc1ccc(OC)cc1. The summed E-state index contributed by atoms with van der Waals surface area (Å²) in [5.41, 5.74) is 2.35. The first kappa shape index (κ1) is 16.2. The lowest BCUT2D eigenvalue weighted by atomic mass is 10.1. The van der Waals surface area contributed by atoms with Crippen LogP contribution in [0, 0.1) is 0 Å². The molecule has 2 rings (SSSR count). The summed E-state index contributed by atoms with van der Waals surface area (Å²) >= 11 is 0. The molecule has 0 aliphatic carbocycles. The lowest BCUT2D eigenvalue weighted by Crippen LogP contribution is -2.07. The number of benzene rings is 2. The predicted octanol–water partition coefficient (Wildman–Crippen LogP) is 4.53. The molecule has 0 aliphatic rings. The number of anilines is 1. The molecule has 0 fully saturated rings. The largest absolute Gasteiger partial charge is 0.497 e. The second-order valence-electron chi connectivity index (χ2n) is 5.22. The molecule has 3 nitrogen and oxygen atoms in total. The van der Waals surface area contributed by atoms with Crippen molar-refractivity contribution < 1.29 is 9.47 Å². The molecule has 0 unspecified atom stereocenters. The fraction of sp³-hybridized carbons (Fsp3) is 0.368. The summed E-state index contributed by atoms with van der Waals surface area (Å²) in [7, 11) is 1.69. The van der Waals surface area contributed by atoms with Gasteiger partial charge in [-0.3, -0.25) is 0 Å². The van der Waals surface area contributed by atoms with Gasteiger partial charge in [0.05, 0.1) is 19.4 Å². The number of nitrogens with one attached hydrogen (secondary N) is 1. The molecule has 0 saturated heterocycles. The minimum absolute atomic E-state index is 0.772. The van der Waals surface area contributed by atoms with E-state index in [1.54, 1.807) is 7.11 Å². The normalized spacial score (nSPS) is 10.3. The number of methoxy groups -OCH3 is 1. The molecule has 0 radical (unpaired) electrons. The molecule has 2 aromatic rings. The van der Waals surface area contributed by atoms with E-state index in [0.29, 0.717) is 0 Å². The maximum Gasteiger partial charge on any atom is 0.142 e. The molecule has 0 saturated carbocycles. The van der Waals surface area contributed by atoms with Crippen LogP contribution in [0.25, 0.3) is 0 Å². The Morgan fingerprint density at radius 2 is 1.77 bits per heavy atom. The van der Waals surface area contributed by atoms with E-state index in [4.69, 9.17) is 9.47 Å². The summed E-state index contributed by atoms with van der Waals surface area (Å²) in [4.78, 5) is 0. The third-order valence-corrected chi connectivity index (χ3v) is 3.53. The molecular formula is C19H25NO2. The highest BCUT2D eigenvalue weighted by Gasteiger charge is 2.02. The van der Waals surface area contributed by atoms with Crippen LogP contribution in [-0.4, -0.2) is 20.3 Å². The Balaban J connectivity index is 1.85. The van der Waals surface area contributed by atoms with Gasteiger partial charge < -0.3 is 14.8 Å². The second-order valence-corrected chi connectivity index (χ2v) is 5.22. The molecule has 0 spiro atoms. The van der Waals surface area contributed by atoms with Crippen molar-refractivity contribution in [2.75, 3.05) is 25.6 Å². The standard InChI is InChI=1S/C19H25NO2/c1-3-4-15-22-19-8-6-5-7-18(19)20-14-13-16-9-11-17(21-2)12-10-16/h5-12,20H,3-4,13-15H2,1-2H3. The molecule has 0 amide bonds. The monoisotopic (exact) mass is 299 g/mol. The molecule has 3 heteroatoms. The summed E-state index contributed by atoms with van der Waals surface area (Å²) in [6.07, 6.45) is 3.19. The van der Waals surface area contributed by atoms with Gasteiger partial charge in [0.1, 0.15) is 11.5 Å². The number of unbranched alkanes of at least 4 members (excludes halogenated alkanes) is 1. The van der Waals surface area contributed by atoms with Crippen LogP contribution in [0.15, 0.2) is 48.5 Å².